The normalized spacial score (nSPS) is 18.1. The summed E-state index contributed by atoms with van der Waals surface area (Å²) in [5.41, 5.74) is 7.55. The van der Waals surface area contributed by atoms with Crippen LogP contribution in [0.1, 0.15) is 52.8 Å². The topological polar surface area (TPSA) is 52.4 Å². The molecule has 1 aliphatic carbocycles. The first kappa shape index (κ1) is 18.9. The van der Waals surface area contributed by atoms with Gasteiger partial charge in [-0.05, 0) is 50.5 Å². The minimum absolute atomic E-state index is 0.605. The fourth-order valence-electron chi connectivity index (χ4n) is 4.86. The van der Waals surface area contributed by atoms with Gasteiger partial charge >= 0.3 is 0 Å². The van der Waals surface area contributed by atoms with E-state index in [-0.39, 0.29) is 0 Å². The van der Waals surface area contributed by atoms with Gasteiger partial charge in [0.05, 0.1) is 0 Å². The summed E-state index contributed by atoms with van der Waals surface area (Å²) in [4.78, 5) is 12.0. The molecule has 160 valence electrons. The summed E-state index contributed by atoms with van der Waals surface area (Å²) in [6.45, 7) is 8.51. The number of nitrogens with zero attached hydrogens (tertiary/aromatic N) is 4. The summed E-state index contributed by atoms with van der Waals surface area (Å²) in [7, 11) is 0. The van der Waals surface area contributed by atoms with Gasteiger partial charge in [0.1, 0.15) is 19.0 Å². The maximum atomic E-state index is 5.80. The summed E-state index contributed by atoms with van der Waals surface area (Å²) in [6.07, 6.45) is 5.59. The molecule has 1 saturated carbocycles. The second-order valence-corrected chi connectivity index (χ2v) is 8.99. The van der Waals surface area contributed by atoms with E-state index in [0.29, 0.717) is 19.1 Å². The summed E-state index contributed by atoms with van der Waals surface area (Å²) in [6, 6.07) is 8.53. The maximum Gasteiger partial charge on any atom is 0.163 e. The largest absolute Gasteiger partial charge is 0.486 e. The van der Waals surface area contributed by atoms with Crippen LogP contribution in [0.2, 0.25) is 0 Å². The first-order valence-electron chi connectivity index (χ1n) is 11.3. The number of benzene rings is 1. The Bertz CT molecular complexity index is 1150. The van der Waals surface area contributed by atoms with Crippen LogP contribution in [0.4, 0.5) is 0 Å². The Kier molecular flexibility index (Phi) is 4.49. The van der Waals surface area contributed by atoms with Gasteiger partial charge in [-0.15, -0.1) is 0 Å². The first-order chi connectivity index (χ1) is 15.2. The van der Waals surface area contributed by atoms with Crippen LogP contribution in [-0.4, -0.2) is 39.2 Å². The number of hydrogen-bond donors (Lipinski definition) is 0. The lowest BCUT2D eigenvalue weighted by molar-refractivity contribution is 0.171. The molecule has 6 nitrogen and oxygen atoms in total. The van der Waals surface area contributed by atoms with Gasteiger partial charge in [0, 0.05) is 72.6 Å². The molecule has 3 aromatic rings. The fraction of sp³-hybridized carbons (Fsp3) is 0.440. The van der Waals surface area contributed by atoms with Crippen molar-refractivity contribution in [1.82, 2.24) is 19.4 Å². The lowest BCUT2D eigenvalue weighted by Crippen LogP contribution is -2.31. The molecule has 0 atom stereocenters. The van der Waals surface area contributed by atoms with Crippen LogP contribution in [-0.2, 0) is 19.5 Å². The van der Waals surface area contributed by atoms with Gasteiger partial charge < -0.3 is 14.0 Å². The highest BCUT2D eigenvalue weighted by Crippen LogP contribution is 2.38. The minimum Gasteiger partial charge on any atom is -0.486 e. The van der Waals surface area contributed by atoms with Crippen molar-refractivity contribution < 1.29 is 9.47 Å². The highest BCUT2D eigenvalue weighted by Gasteiger charge is 2.28. The molecule has 6 rings (SSSR count). The van der Waals surface area contributed by atoms with Crippen molar-refractivity contribution in [1.29, 1.82) is 0 Å². The summed E-state index contributed by atoms with van der Waals surface area (Å²) < 4.78 is 13.8. The first-order valence-corrected chi connectivity index (χ1v) is 11.3. The van der Waals surface area contributed by atoms with Crippen molar-refractivity contribution in [2.75, 3.05) is 19.8 Å². The number of ether oxygens (including phenoxy) is 2. The molecule has 4 heterocycles. The average Bonchev–Trinajstić information content (AvgIpc) is 3.60. The van der Waals surface area contributed by atoms with E-state index in [1.165, 1.54) is 41.1 Å². The van der Waals surface area contributed by atoms with Crippen LogP contribution in [0, 0.1) is 13.8 Å². The van der Waals surface area contributed by atoms with E-state index >= 15 is 0 Å². The zero-order chi connectivity index (χ0) is 20.9. The van der Waals surface area contributed by atoms with Gasteiger partial charge in [-0.1, -0.05) is 0 Å². The van der Waals surface area contributed by atoms with E-state index in [2.05, 4.69) is 52.7 Å². The number of aryl methyl sites for hydroxylation is 1. The minimum atomic E-state index is 0.605. The van der Waals surface area contributed by atoms with E-state index in [1.54, 1.807) is 0 Å². The van der Waals surface area contributed by atoms with Crippen molar-refractivity contribution in [3.05, 3.63) is 64.5 Å². The number of rotatable bonds is 4. The van der Waals surface area contributed by atoms with E-state index in [0.717, 1.165) is 49.1 Å². The number of fused-ring (bicyclic) bond motifs is 2. The highest BCUT2D eigenvalue weighted by molar-refractivity contribution is 5.52. The maximum absolute atomic E-state index is 5.80. The third-order valence-electron chi connectivity index (χ3n) is 6.69. The van der Waals surface area contributed by atoms with E-state index < -0.39 is 0 Å². The van der Waals surface area contributed by atoms with Gasteiger partial charge in [0.15, 0.2) is 11.5 Å². The Morgan fingerprint density at radius 1 is 1.06 bits per heavy atom. The molecule has 0 spiro atoms. The SMILES string of the molecule is Cc1cc(CN2CCc3nc(C4CC4)ncc3C2)c(C)n1-c1ccc2c(c1)OCCO2. The molecule has 0 radical (unpaired) electrons. The third kappa shape index (κ3) is 3.49. The number of aromatic nitrogens is 3. The Labute approximate surface area is 182 Å². The molecule has 2 aliphatic heterocycles. The molecule has 0 unspecified atom stereocenters. The van der Waals surface area contributed by atoms with E-state index in [4.69, 9.17) is 14.5 Å². The zero-order valence-corrected chi connectivity index (χ0v) is 18.2. The Hall–Kier alpha value is -2.86. The van der Waals surface area contributed by atoms with E-state index in [1.807, 2.05) is 6.07 Å². The molecule has 2 aromatic heterocycles. The fourth-order valence-corrected chi connectivity index (χ4v) is 4.86. The van der Waals surface area contributed by atoms with Crippen LogP contribution >= 0.6 is 0 Å². The van der Waals surface area contributed by atoms with Crippen LogP contribution in [0.15, 0.2) is 30.5 Å². The molecular weight excluding hydrogens is 388 g/mol. The average molecular weight is 417 g/mol. The molecule has 0 N–H and O–H groups in total. The van der Waals surface area contributed by atoms with Gasteiger partial charge in [0.2, 0.25) is 0 Å². The molecule has 0 amide bonds. The third-order valence-corrected chi connectivity index (χ3v) is 6.69. The molecule has 1 aromatic carbocycles. The molecule has 6 heteroatoms. The smallest absolute Gasteiger partial charge is 0.163 e. The quantitative estimate of drug-likeness (QED) is 0.641. The lowest BCUT2D eigenvalue weighted by atomic mass is 10.1. The van der Waals surface area contributed by atoms with Crippen molar-refractivity contribution in [3.63, 3.8) is 0 Å². The van der Waals surface area contributed by atoms with Gasteiger partial charge in [-0.3, -0.25) is 4.90 Å². The summed E-state index contributed by atoms with van der Waals surface area (Å²) >= 11 is 0. The van der Waals surface area contributed by atoms with Crippen LogP contribution < -0.4 is 9.47 Å². The molecule has 1 fully saturated rings. The Morgan fingerprint density at radius 2 is 1.90 bits per heavy atom. The second kappa shape index (κ2) is 7.38. The summed E-state index contributed by atoms with van der Waals surface area (Å²) in [5, 5.41) is 0. The van der Waals surface area contributed by atoms with Crippen molar-refractivity contribution in [3.8, 4) is 17.2 Å². The lowest BCUT2D eigenvalue weighted by Gasteiger charge is -2.28. The van der Waals surface area contributed by atoms with Gasteiger partial charge in [0.25, 0.3) is 0 Å². The molecule has 0 saturated heterocycles. The van der Waals surface area contributed by atoms with Crippen LogP contribution in [0.25, 0.3) is 5.69 Å². The molecule has 31 heavy (non-hydrogen) atoms. The predicted molar refractivity (Wildman–Crippen MR) is 118 cm³/mol. The number of hydrogen-bond acceptors (Lipinski definition) is 5. The molecular formula is C25H28N4O2. The van der Waals surface area contributed by atoms with Crippen molar-refractivity contribution in [2.24, 2.45) is 0 Å². The van der Waals surface area contributed by atoms with Crippen LogP contribution in [0.3, 0.4) is 0 Å². The summed E-state index contributed by atoms with van der Waals surface area (Å²) in [5.74, 6) is 3.34. The van der Waals surface area contributed by atoms with Crippen LogP contribution in [0.5, 0.6) is 11.5 Å². The van der Waals surface area contributed by atoms with Crippen molar-refractivity contribution >= 4 is 0 Å². The Balaban J connectivity index is 1.23. The van der Waals surface area contributed by atoms with Crippen molar-refractivity contribution in [2.45, 2.75) is 52.1 Å². The second-order valence-electron chi connectivity index (χ2n) is 8.99. The van der Waals surface area contributed by atoms with Gasteiger partial charge in [-0.25, -0.2) is 9.97 Å². The predicted octanol–water partition coefficient (Wildman–Crippen LogP) is 4.09. The Morgan fingerprint density at radius 3 is 2.74 bits per heavy atom. The monoisotopic (exact) mass is 416 g/mol. The standard InChI is InChI=1S/C25H28N4O2/c1-16-11-19(17(2)29(16)21-5-6-23-24(12-21)31-10-9-30-23)14-28-8-7-22-20(15-28)13-26-25(27-22)18-3-4-18/h5-6,11-13,18H,3-4,7-10,14-15H2,1-2H3. The van der Waals surface area contributed by atoms with E-state index in [9.17, 15) is 0 Å². The van der Waals surface area contributed by atoms with Gasteiger partial charge in [-0.2, -0.15) is 0 Å². The molecule has 0 bridgehead atoms. The highest BCUT2D eigenvalue weighted by atomic mass is 16.6. The molecule has 3 aliphatic rings. The zero-order valence-electron chi connectivity index (χ0n) is 18.2.